The second-order valence-corrected chi connectivity index (χ2v) is 8.56. The maximum Gasteiger partial charge on any atom is 0.240 e. The number of nitrogens with one attached hydrogen (secondary N) is 1. The molecule has 0 radical (unpaired) electrons. The maximum atomic E-state index is 12.5. The smallest absolute Gasteiger partial charge is 0.240 e. The van der Waals surface area contributed by atoms with Crippen molar-refractivity contribution in [2.45, 2.75) is 51.9 Å². The van der Waals surface area contributed by atoms with Crippen molar-refractivity contribution in [1.29, 1.82) is 0 Å². The summed E-state index contributed by atoms with van der Waals surface area (Å²) in [4.78, 5) is 12.5. The molecule has 1 N–H and O–H groups in total. The van der Waals surface area contributed by atoms with Gasteiger partial charge in [-0.1, -0.05) is 12.1 Å². The lowest BCUT2D eigenvalue weighted by Crippen LogP contribution is -2.47. The highest BCUT2D eigenvalue weighted by molar-refractivity contribution is 5.99. The summed E-state index contributed by atoms with van der Waals surface area (Å²) in [6.45, 7) is 1.92. The molecule has 4 saturated carbocycles. The summed E-state index contributed by atoms with van der Waals surface area (Å²) in [7, 11) is 1.65. The summed E-state index contributed by atoms with van der Waals surface area (Å²) in [5.41, 5.74) is 4.83. The van der Waals surface area contributed by atoms with E-state index in [9.17, 15) is 4.79 Å². The fraction of sp³-hybridized carbons (Fsp3) is 0.619. The Bertz CT molecular complexity index is 660. The summed E-state index contributed by atoms with van der Waals surface area (Å²) in [5, 5.41) is 4.33. The molecular formula is C21H28N2O2. The Morgan fingerprint density at radius 2 is 1.84 bits per heavy atom. The minimum Gasteiger partial charge on any atom is -0.497 e. The lowest BCUT2D eigenvalue weighted by molar-refractivity contribution is -0.129. The number of benzene rings is 1. The standard InChI is InChI=1S/C21H28N2O2/c1-14(18-4-3-5-19(9-18)25-2)22-23-20(24)13-21-10-15-6-16(11-21)8-17(7-15)12-21/h3-5,9,15-17H,6-8,10-13H2,1-2H3,(H,23,24)/b22-14-. The number of nitrogens with zero attached hydrogens (tertiary/aromatic N) is 1. The van der Waals surface area contributed by atoms with Gasteiger partial charge in [0, 0.05) is 12.0 Å². The van der Waals surface area contributed by atoms with E-state index in [0.29, 0.717) is 6.42 Å². The number of carbonyl (C=O) groups excluding carboxylic acids is 1. The molecule has 0 aliphatic heterocycles. The first-order chi connectivity index (χ1) is 12.0. The van der Waals surface area contributed by atoms with Gasteiger partial charge in [-0.15, -0.1) is 0 Å². The van der Waals surface area contributed by atoms with Gasteiger partial charge >= 0.3 is 0 Å². The lowest BCUT2D eigenvalue weighted by Gasteiger charge is -2.56. The van der Waals surface area contributed by atoms with E-state index in [1.54, 1.807) is 7.11 Å². The van der Waals surface area contributed by atoms with E-state index >= 15 is 0 Å². The molecular weight excluding hydrogens is 312 g/mol. The van der Waals surface area contributed by atoms with Gasteiger partial charge in [-0.25, -0.2) is 5.43 Å². The van der Waals surface area contributed by atoms with Crippen LogP contribution < -0.4 is 10.2 Å². The minimum absolute atomic E-state index is 0.0733. The van der Waals surface area contributed by atoms with E-state index in [1.165, 1.54) is 38.5 Å². The predicted molar refractivity (Wildman–Crippen MR) is 98.6 cm³/mol. The lowest BCUT2D eigenvalue weighted by atomic mass is 9.49. The van der Waals surface area contributed by atoms with E-state index in [-0.39, 0.29) is 11.3 Å². The summed E-state index contributed by atoms with van der Waals surface area (Å²) in [5.74, 6) is 3.50. The first-order valence-electron chi connectivity index (χ1n) is 9.53. The van der Waals surface area contributed by atoms with Crippen molar-refractivity contribution in [1.82, 2.24) is 5.43 Å². The number of hydrazone groups is 1. The number of methoxy groups -OCH3 is 1. The van der Waals surface area contributed by atoms with Crippen LogP contribution in [0.25, 0.3) is 0 Å². The Kier molecular flexibility index (Phi) is 4.30. The normalized spacial score (nSPS) is 33.4. The number of carbonyl (C=O) groups is 1. The molecule has 4 aliphatic rings. The average molecular weight is 340 g/mol. The Hall–Kier alpha value is -1.84. The zero-order valence-electron chi connectivity index (χ0n) is 15.3. The van der Waals surface area contributed by atoms with E-state index in [2.05, 4.69) is 10.5 Å². The Balaban J connectivity index is 1.39. The molecule has 0 heterocycles. The molecule has 1 aromatic rings. The molecule has 134 valence electrons. The minimum atomic E-state index is 0.0733. The Labute approximate surface area is 150 Å². The summed E-state index contributed by atoms with van der Waals surface area (Å²) < 4.78 is 5.25. The van der Waals surface area contributed by atoms with Gasteiger partial charge in [0.15, 0.2) is 0 Å². The molecule has 0 unspecified atom stereocenters. The first-order valence-corrected chi connectivity index (χ1v) is 9.53. The molecule has 4 heteroatoms. The van der Waals surface area contributed by atoms with E-state index in [4.69, 9.17) is 4.74 Å². The second kappa shape index (κ2) is 6.47. The molecule has 0 saturated heterocycles. The van der Waals surface area contributed by atoms with Crippen LogP contribution in [-0.2, 0) is 4.79 Å². The molecule has 4 nitrogen and oxygen atoms in total. The molecule has 5 rings (SSSR count). The van der Waals surface area contributed by atoms with Gasteiger partial charge in [0.25, 0.3) is 0 Å². The highest BCUT2D eigenvalue weighted by Gasteiger charge is 2.51. The van der Waals surface area contributed by atoms with Gasteiger partial charge in [-0.3, -0.25) is 4.79 Å². The van der Waals surface area contributed by atoms with Crippen LogP contribution in [0.4, 0.5) is 0 Å². The van der Waals surface area contributed by atoms with E-state index in [0.717, 1.165) is 34.8 Å². The largest absolute Gasteiger partial charge is 0.497 e. The monoisotopic (exact) mass is 340 g/mol. The Morgan fingerprint density at radius 1 is 1.20 bits per heavy atom. The zero-order chi connectivity index (χ0) is 17.4. The highest BCUT2D eigenvalue weighted by Crippen LogP contribution is 2.61. The van der Waals surface area contributed by atoms with Crippen LogP contribution in [0.1, 0.15) is 57.4 Å². The highest BCUT2D eigenvalue weighted by atomic mass is 16.5. The van der Waals surface area contributed by atoms with Crippen LogP contribution in [0.5, 0.6) is 5.75 Å². The number of ether oxygens (including phenoxy) is 1. The SMILES string of the molecule is COc1cccc(/C(C)=N\NC(=O)CC23CC4CC(CC(C4)C2)C3)c1. The molecule has 25 heavy (non-hydrogen) atoms. The van der Waals surface area contributed by atoms with Crippen molar-refractivity contribution < 1.29 is 9.53 Å². The third-order valence-electron chi connectivity index (χ3n) is 6.54. The van der Waals surface area contributed by atoms with Crippen molar-refractivity contribution in [2.24, 2.45) is 28.3 Å². The molecule has 1 amide bonds. The molecule has 0 spiro atoms. The second-order valence-electron chi connectivity index (χ2n) is 8.56. The number of amides is 1. The Morgan fingerprint density at radius 3 is 2.44 bits per heavy atom. The number of hydrogen-bond acceptors (Lipinski definition) is 3. The first kappa shape index (κ1) is 16.6. The maximum absolute atomic E-state index is 12.5. The van der Waals surface area contributed by atoms with Crippen molar-refractivity contribution in [2.75, 3.05) is 7.11 Å². The van der Waals surface area contributed by atoms with Crippen molar-refractivity contribution in [3.05, 3.63) is 29.8 Å². The molecule has 4 bridgehead atoms. The van der Waals surface area contributed by atoms with Crippen LogP contribution in [0.2, 0.25) is 0 Å². The van der Waals surface area contributed by atoms with Gasteiger partial charge in [-0.05, 0) is 80.8 Å². The summed E-state index contributed by atoms with van der Waals surface area (Å²) in [6.07, 6.45) is 8.64. The fourth-order valence-electron chi connectivity index (χ4n) is 5.95. The van der Waals surface area contributed by atoms with Crippen molar-refractivity contribution in [3.8, 4) is 5.75 Å². The summed E-state index contributed by atoms with van der Waals surface area (Å²) >= 11 is 0. The van der Waals surface area contributed by atoms with Gasteiger partial charge in [0.1, 0.15) is 5.75 Å². The van der Waals surface area contributed by atoms with E-state index in [1.807, 2.05) is 31.2 Å². The quantitative estimate of drug-likeness (QED) is 0.647. The van der Waals surface area contributed by atoms with E-state index < -0.39 is 0 Å². The third-order valence-corrected chi connectivity index (χ3v) is 6.54. The average Bonchev–Trinajstić information content (AvgIpc) is 2.58. The van der Waals surface area contributed by atoms with Crippen LogP contribution in [-0.4, -0.2) is 18.7 Å². The van der Waals surface area contributed by atoms with Gasteiger partial charge < -0.3 is 4.74 Å². The fourth-order valence-corrected chi connectivity index (χ4v) is 5.95. The summed E-state index contributed by atoms with van der Waals surface area (Å²) in [6, 6.07) is 7.75. The van der Waals surface area contributed by atoms with Gasteiger partial charge in [0.05, 0.1) is 12.8 Å². The third kappa shape index (κ3) is 3.44. The molecule has 1 aromatic carbocycles. The van der Waals surface area contributed by atoms with Crippen molar-refractivity contribution in [3.63, 3.8) is 0 Å². The topological polar surface area (TPSA) is 50.7 Å². The van der Waals surface area contributed by atoms with Crippen LogP contribution in [0.3, 0.4) is 0 Å². The van der Waals surface area contributed by atoms with Gasteiger partial charge in [0.2, 0.25) is 5.91 Å². The predicted octanol–water partition coefficient (Wildman–Crippen LogP) is 4.14. The number of hydrogen-bond donors (Lipinski definition) is 1. The van der Waals surface area contributed by atoms with Gasteiger partial charge in [-0.2, -0.15) is 5.10 Å². The van der Waals surface area contributed by atoms with Crippen LogP contribution in [0.15, 0.2) is 29.4 Å². The van der Waals surface area contributed by atoms with Crippen LogP contribution >= 0.6 is 0 Å². The number of rotatable bonds is 5. The molecule has 0 aromatic heterocycles. The zero-order valence-corrected chi connectivity index (χ0v) is 15.3. The van der Waals surface area contributed by atoms with Crippen molar-refractivity contribution >= 4 is 11.6 Å². The molecule has 0 atom stereocenters. The molecule has 4 aliphatic carbocycles. The molecule has 4 fully saturated rings. The van der Waals surface area contributed by atoms with Crippen LogP contribution in [0, 0.1) is 23.2 Å².